The minimum Gasteiger partial charge on any atom is -0.384 e. The number of nitrogens with one attached hydrogen (secondary N) is 3. The molecule has 0 saturated heterocycles. The molecule has 0 radical (unpaired) electrons. The van der Waals surface area contributed by atoms with Crippen molar-refractivity contribution in [1.29, 1.82) is 0 Å². The van der Waals surface area contributed by atoms with E-state index in [0.717, 1.165) is 65.0 Å². The van der Waals surface area contributed by atoms with Crippen LogP contribution in [0.2, 0.25) is 0 Å². The number of hydrogen-bond donors (Lipinski definition) is 5. The number of hydrogen-bond acceptors (Lipinski definition) is 7. The molecule has 0 amide bonds. The Bertz CT molecular complexity index is 1430. The lowest BCUT2D eigenvalue weighted by Crippen LogP contribution is -2.22. The lowest BCUT2D eigenvalue weighted by Gasteiger charge is -2.32. The van der Waals surface area contributed by atoms with Gasteiger partial charge in [-0.2, -0.15) is 0 Å². The van der Waals surface area contributed by atoms with Crippen molar-refractivity contribution in [2.24, 2.45) is 11.3 Å². The van der Waals surface area contributed by atoms with E-state index in [4.69, 9.17) is 10.8 Å². The van der Waals surface area contributed by atoms with Crippen molar-refractivity contribution in [1.82, 2.24) is 10.3 Å². The number of benzene rings is 1. The number of anilines is 2. The molecule has 5 nitrogen and oxygen atoms in total. The van der Waals surface area contributed by atoms with Crippen molar-refractivity contribution in [3.05, 3.63) is 116 Å². The van der Waals surface area contributed by atoms with Gasteiger partial charge in [-0.05, 0) is 99.8 Å². The average Bonchev–Trinajstić information content (AvgIpc) is 3.47. The molecule has 1 atom stereocenters. The smallest absolute Gasteiger partial charge is 0.101 e. The number of aromatic nitrogens is 1. The zero-order valence-corrected chi connectivity index (χ0v) is 34.2. The molecule has 1 aromatic carbocycles. The van der Waals surface area contributed by atoms with Crippen LogP contribution in [0.25, 0.3) is 0 Å². The standard InChI is InChI=1S/C28H43N5S2.C10H12.2C2H6/c1-9-12-20(24(34)10-2)15-16-30-17-23-19(5)35-27(32-23)25(28(6,7)8)21-13-14-22(31-11-3)26(33-29)18(21)4;1-2-3-7-10-8-5-4-6-9-10;2*1-2/h9-10,12-14,25,30-31,33-34H,2,11,15-17,29H2,1,3-8H3;3,5,8-9H,1,4,6-7H2;2*1-2H3/b12-9-,24-20-;;;. The van der Waals surface area contributed by atoms with Gasteiger partial charge in [-0.3, -0.25) is 5.84 Å². The molecule has 272 valence electrons. The average molecular weight is 706 g/mol. The molecule has 5 N–H and O–H groups in total. The Kier molecular flexibility index (Phi) is 24.2. The van der Waals surface area contributed by atoms with Crippen molar-refractivity contribution in [3.63, 3.8) is 0 Å². The number of nitrogen functional groups attached to an aromatic ring is 1. The van der Waals surface area contributed by atoms with Crippen LogP contribution in [0, 0.1) is 19.3 Å². The van der Waals surface area contributed by atoms with E-state index >= 15 is 0 Å². The van der Waals surface area contributed by atoms with Gasteiger partial charge in [0.2, 0.25) is 0 Å². The molecule has 0 bridgehead atoms. The monoisotopic (exact) mass is 705 g/mol. The van der Waals surface area contributed by atoms with Crippen LogP contribution in [0.1, 0.15) is 121 Å². The van der Waals surface area contributed by atoms with E-state index in [1.54, 1.807) is 17.4 Å². The Morgan fingerprint density at radius 2 is 1.86 bits per heavy atom. The number of rotatable bonds is 14. The first kappa shape index (κ1) is 45.9. The van der Waals surface area contributed by atoms with Crippen LogP contribution in [0.5, 0.6) is 0 Å². The van der Waals surface area contributed by atoms with E-state index < -0.39 is 0 Å². The molecule has 7 heteroatoms. The van der Waals surface area contributed by atoms with Crippen LogP contribution in [0.3, 0.4) is 0 Å². The van der Waals surface area contributed by atoms with Crippen molar-refractivity contribution >= 4 is 35.3 Å². The number of allylic oxidation sites excluding steroid dienone is 8. The van der Waals surface area contributed by atoms with Gasteiger partial charge in [0, 0.05) is 28.8 Å². The van der Waals surface area contributed by atoms with E-state index in [0.29, 0.717) is 0 Å². The Morgan fingerprint density at radius 3 is 2.39 bits per heavy atom. The first-order valence-corrected chi connectivity index (χ1v) is 19.2. The van der Waals surface area contributed by atoms with Crippen molar-refractivity contribution in [2.45, 2.75) is 114 Å². The summed E-state index contributed by atoms with van der Waals surface area (Å²) >= 11 is 6.33. The van der Waals surface area contributed by atoms with Gasteiger partial charge in [-0.1, -0.05) is 104 Å². The molecule has 1 heterocycles. The van der Waals surface area contributed by atoms with E-state index in [9.17, 15) is 0 Å². The highest BCUT2D eigenvalue weighted by molar-refractivity contribution is 7.84. The third-order valence-corrected chi connectivity index (χ3v) is 9.21. The van der Waals surface area contributed by atoms with Gasteiger partial charge in [-0.25, -0.2) is 4.98 Å². The largest absolute Gasteiger partial charge is 0.384 e. The molecule has 1 unspecified atom stereocenters. The molecule has 0 spiro atoms. The van der Waals surface area contributed by atoms with Gasteiger partial charge in [0.15, 0.2) is 0 Å². The normalized spacial score (nSPS) is 13.2. The van der Waals surface area contributed by atoms with Crippen LogP contribution in [-0.2, 0) is 6.54 Å². The molecule has 1 aliphatic carbocycles. The number of nitrogens with zero attached hydrogens (tertiary/aromatic N) is 1. The number of aryl methyl sites for hydroxylation is 1. The molecule has 1 aliphatic rings. The molecular weight excluding hydrogens is 639 g/mol. The van der Waals surface area contributed by atoms with Gasteiger partial charge < -0.3 is 16.1 Å². The van der Waals surface area contributed by atoms with Crippen LogP contribution < -0.4 is 21.9 Å². The minimum absolute atomic E-state index is 0.00877. The molecule has 0 aliphatic heterocycles. The first-order valence-electron chi connectivity index (χ1n) is 17.9. The zero-order chi connectivity index (χ0) is 37.4. The van der Waals surface area contributed by atoms with Crippen molar-refractivity contribution < 1.29 is 0 Å². The van der Waals surface area contributed by atoms with Gasteiger partial charge in [0.25, 0.3) is 0 Å². The van der Waals surface area contributed by atoms with Crippen LogP contribution in [-0.4, -0.2) is 18.1 Å². The second kappa shape index (κ2) is 25.8. The fourth-order valence-corrected chi connectivity index (χ4v) is 6.83. The molecule has 49 heavy (non-hydrogen) atoms. The fraction of sp³-hybridized carbons (Fsp3) is 0.476. The summed E-state index contributed by atoms with van der Waals surface area (Å²) in [5, 5.41) is 8.11. The third-order valence-electron chi connectivity index (χ3n) is 7.66. The lowest BCUT2D eigenvalue weighted by molar-refractivity contribution is 0.356. The number of hydrazine groups is 1. The van der Waals surface area contributed by atoms with Crippen molar-refractivity contribution in [3.8, 4) is 0 Å². The summed E-state index contributed by atoms with van der Waals surface area (Å²) in [6.07, 6.45) is 18.8. The Morgan fingerprint density at radius 1 is 1.16 bits per heavy atom. The SMILES string of the molecule is C=C/C(S)=C(\C=C/C)CCNCc1nc(C(c2ccc(NCC)c(NN)c2C)C(C)(C)C)sc1C.C=C=CCC1=CCCC=C1.CC.CC. The molecule has 0 fully saturated rings. The number of nitrogens with two attached hydrogens (primary N) is 1. The number of thiol groups is 1. The maximum Gasteiger partial charge on any atom is 0.101 e. The quantitative estimate of drug-likeness (QED) is 0.0338. The minimum atomic E-state index is -0.00877. The predicted octanol–water partition coefficient (Wildman–Crippen LogP) is 12.1. The maximum atomic E-state index is 5.93. The van der Waals surface area contributed by atoms with E-state index in [2.05, 4.69) is 126 Å². The molecular formula is C42H67N5S2. The Hall–Kier alpha value is -3.06. The fourth-order valence-electron chi connectivity index (χ4n) is 5.34. The van der Waals surface area contributed by atoms with Gasteiger partial charge in [0.05, 0.1) is 17.1 Å². The van der Waals surface area contributed by atoms with E-state index in [1.165, 1.54) is 34.4 Å². The number of thiazole rings is 1. The van der Waals surface area contributed by atoms with Crippen LogP contribution in [0.15, 0.2) is 89.6 Å². The van der Waals surface area contributed by atoms with Gasteiger partial charge >= 0.3 is 0 Å². The van der Waals surface area contributed by atoms with E-state index in [-0.39, 0.29) is 11.3 Å². The zero-order valence-electron chi connectivity index (χ0n) is 32.5. The third kappa shape index (κ3) is 15.6. The summed E-state index contributed by atoms with van der Waals surface area (Å²) in [4.78, 5) is 7.32. The molecule has 2 aromatic rings. The van der Waals surface area contributed by atoms with Crippen LogP contribution >= 0.6 is 24.0 Å². The lowest BCUT2D eigenvalue weighted by atomic mass is 9.75. The Labute approximate surface area is 310 Å². The summed E-state index contributed by atoms with van der Waals surface area (Å²) in [7, 11) is 0. The predicted molar refractivity (Wildman–Crippen MR) is 226 cm³/mol. The summed E-state index contributed by atoms with van der Waals surface area (Å²) < 4.78 is 0. The summed E-state index contributed by atoms with van der Waals surface area (Å²) in [6, 6.07) is 4.35. The molecule has 3 rings (SSSR count). The highest BCUT2D eigenvalue weighted by Gasteiger charge is 2.33. The second-order valence-corrected chi connectivity index (χ2v) is 13.9. The summed E-state index contributed by atoms with van der Waals surface area (Å²) in [5.41, 5.74) is 13.8. The van der Waals surface area contributed by atoms with Gasteiger partial charge in [-0.15, -0.1) is 29.7 Å². The summed E-state index contributed by atoms with van der Waals surface area (Å²) in [5.74, 6) is 6.09. The maximum absolute atomic E-state index is 5.93. The van der Waals surface area contributed by atoms with E-state index in [1.807, 2.05) is 46.8 Å². The Balaban J connectivity index is 0.00000138. The highest BCUT2D eigenvalue weighted by Crippen LogP contribution is 2.46. The molecule has 1 aromatic heterocycles. The van der Waals surface area contributed by atoms with Crippen LogP contribution in [0.4, 0.5) is 11.4 Å². The molecule has 0 saturated carbocycles. The summed E-state index contributed by atoms with van der Waals surface area (Å²) in [6.45, 7) is 33.0. The van der Waals surface area contributed by atoms with Crippen molar-refractivity contribution in [2.75, 3.05) is 23.8 Å². The topological polar surface area (TPSA) is 75.0 Å². The van der Waals surface area contributed by atoms with Gasteiger partial charge in [0.1, 0.15) is 5.01 Å². The highest BCUT2D eigenvalue weighted by atomic mass is 32.1. The second-order valence-electron chi connectivity index (χ2n) is 12.1. The first-order chi connectivity index (χ1) is 23.5.